The molecule has 2 heteroatoms. The van der Waals surface area contributed by atoms with E-state index >= 15 is 0 Å². The molecular weight excluding hydrogens is 220 g/mol. The molecule has 18 heavy (non-hydrogen) atoms. The Labute approximate surface area is 110 Å². The third kappa shape index (κ3) is 2.07. The van der Waals surface area contributed by atoms with E-state index in [-0.39, 0.29) is 0 Å². The fourth-order valence-corrected chi connectivity index (χ4v) is 4.37. The summed E-state index contributed by atoms with van der Waals surface area (Å²) in [5.74, 6) is 1.86. The molecule has 1 aromatic heterocycles. The van der Waals surface area contributed by atoms with Crippen LogP contribution in [0.15, 0.2) is 24.4 Å². The van der Waals surface area contributed by atoms with Crippen LogP contribution in [0, 0.1) is 17.3 Å². The van der Waals surface area contributed by atoms with Gasteiger partial charge in [-0.05, 0) is 55.7 Å². The predicted octanol–water partition coefficient (Wildman–Crippen LogP) is 3.34. The van der Waals surface area contributed by atoms with E-state index in [1.165, 1.54) is 25.0 Å². The number of nitrogens with zero attached hydrogens (tertiary/aromatic N) is 2. The fraction of sp³-hybridized carbons (Fsp3) is 0.688. The van der Waals surface area contributed by atoms with E-state index in [9.17, 15) is 0 Å². The lowest BCUT2D eigenvalue weighted by Crippen LogP contribution is -2.42. The molecule has 0 N–H and O–H groups in total. The van der Waals surface area contributed by atoms with Crippen LogP contribution in [-0.2, 0) is 6.54 Å². The summed E-state index contributed by atoms with van der Waals surface area (Å²) in [6, 6.07) is 6.97. The van der Waals surface area contributed by atoms with E-state index < -0.39 is 0 Å². The van der Waals surface area contributed by atoms with Gasteiger partial charge in [0.1, 0.15) is 0 Å². The second-order valence-corrected chi connectivity index (χ2v) is 6.94. The lowest BCUT2D eigenvalue weighted by molar-refractivity contribution is 0.0853. The number of fused-ring (bicyclic) bond motifs is 2. The molecule has 3 unspecified atom stereocenters. The third-order valence-corrected chi connectivity index (χ3v) is 5.15. The Bertz CT molecular complexity index is 412. The molecule has 2 saturated carbocycles. The lowest BCUT2D eigenvalue weighted by Gasteiger charge is -2.40. The molecule has 0 radical (unpaired) electrons. The van der Waals surface area contributed by atoms with Crippen molar-refractivity contribution < 1.29 is 0 Å². The van der Waals surface area contributed by atoms with Crippen LogP contribution in [0.4, 0.5) is 0 Å². The highest BCUT2D eigenvalue weighted by atomic mass is 15.1. The monoisotopic (exact) mass is 244 g/mol. The van der Waals surface area contributed by atoms with Gasteiger partial charge in [0.15, 0.2) is 0 Å². The number of aromatic nitrogens is 1. The average molecular weight is 244 g/mol. The molecule has 0 spiro atoms. The molecule has 3 rings (SSSR count). The maximum Gasteiger partial charge on any atom is 0.0543 e. The molecule has 0 amide bonds. The molecule has 2 aliphatic rings. The minimum absolute atomic E-state index is 0.548. The zero-order chi connectivity index (χ0) is 12.8. The first-order valence-corrected chi connectivity index (χ1v) is 7.16. The standard InChI is InChI=1S/C16H24N2/c1-16(2)10-12-8-14(16)15(9-12)18(3)11-13-6-4-5-7-17-13/h4-7,12,14-15H,8-11H2,1-3H3. The van der Waals surface area contributed by atoms with Crippen LogP contribution in [0.25, 0.3) is 0 Å². The maximum absolute atomic E-state index is 4.45. The van der Waals surface area contributed by atoms with Gasteiger partial charge in [-0.1, -0.05) is 19.9 Å². The zero-order valence-corrected chi connectivity index (χ0v) is 11.8. The van der Waals surface area contributed by atoms with E-state index in [2.05, 4.69) is 42.9 Å². The summed E-state index contributed by atoms with van der Waals surface area (Å²) in [6.45, 7) is 5.90. The quantitative estimate of drug-likeness (QED) is 0.810. The lowest BCUT2D eigenvalue weighted by atomic mass is 9.73. The molecule has 2 nitrogen and oxygen atoms in total. The first-order valence-electron chi connectivity index (χ1n) is 7.16. The van der Waals surface area contributed by atoms with E-state index in [1.807, 2.05) is 12.3 Å². The van der Waals surface area contributed by atoms with Crippen molar-refractivity contribution in [1.82, 2.24) is 9.88 Å². The fourth-order valence-electron chi connectivity index (χ4n) is 4.37. The first-order chi connectivity index (χ1) is 8.56. The Kier molecular flexibility index (Phi) is 2.93. The molecule has 1 aromatic rings. The highest BCUT2D eigenvalue weighted by molar-refractivity contribution is 5.07. The molecule has 0 saturated heterocycles. The van der Waals surface area contributed by atoms with Crippen LogP contribution in [0.5, 0.6) is 0 Å². The molecular formula is C16H24N2. The second kappa shape index (κ2) is 4.34. The van der Waals surface area contributed by atoms with E-state index in [0.717, 1.165) is 24.4 Å². The van der Waals surface area contributed by atoms with Crippen molar-refractivity contribution in [3.05, 3.63) is 30.1 Å². The van der Waals surface area contributed by atoms with Crippen molar-refractivity contribution in [2.24, 2.45) is 17.3 Å². The van der Waals surface area contributed by atoms with Crippen molar-refractivity contribution in [2.75, 3.05) is 7.05 Å². The molecule has 2 aliphatic carbocycles. The van der Waals surface area contributed by atoms with Crippen molar-refractivity contribution in [1.29, 1.82) is 0 Å². The maximum atomic E-state index is 4.45. The van der Waals surface area contributed by atoms with Gasteiger partial charge in [-0.25, -0.2) is 0 Å². The Hall–Kier alpha value is -0.890. The van der Waals surface area contributed by atoms with Gasteiger partial charge < -0.3 is 0 Å². The smallest absolute Gasteiger partial charge is 0.0543 e. The van der Waals surface area contributed by atoms with Crippen LogP contribution >= 0.6 is 0 Å². The molecule has 2 fully saturated rings. The molecule has 1 heterocycles. The Morgan fingerprint density at radius 2 is 2.17 bits per heavy atom. The normalized spacial score (nSPS) is 33.2. The number of rotatable bonds is 3. The molecule has 2 bridgehead atoms. The van der Waals surface area contributed by atoms with Gasteiger partial charge in [-0.15, -0.1) is 0 Å². The highest BCUT2D eigenvalue weighted by Crippen LogP contribution is 2.56. The first kappa shape index (κ1) is 12.2. The van der Waals surface area contributed by atoms with E-state index in [0.29, 0.717) is 5.41 Å². The third-order valence-electron chi connectivity index (χ3n) is 5.15. The van der Waals surface area contributed by atoms with Gasteiger partial charge in [0.2, 0.25) is 0 Å². The van der Waals surface area contributed by atoms with Gasteiger partial charge in [-0.3, -0.25) is 9.88 Å². The van der Waals surface area contributed by atoms with Crippen LogP contribution in [0.1, 0.15) is 38.8 Å². The van der Waals surface area contributed by atoms with E-state index in [4.69, 9.17) is 0 Å². The van der Waals surface area contributed by atoms with Crippen molar-refractivity contribution in [3.63, 3.8) is 0 Å². The molecule has 98 valence electrons. The summed E-state index contributed by atoms with van der Waals surface area (Å²) in [6.07, 6.45) is 6.18. The SMILES string of the molecule is CN(Cc1ccccn1)C1CC2CC1C(C)(C)C2. The van der Waals surface area contributed by atoms with E-state index in [1.54, 1.807) is 0 Å². The Morgan fingerprint density at radius 1 is 1.33 bits per heavy atom. The minimum Gasteiger partial charge on any atom is -0.297 e. The van der Waals surface area contributed by atoms with Crippen molar-refractivity contribution in [2.45, 2.75) is 45.7 Å². The molecule has 0 aromatic carbocycles. The summed E-state index contributed by atoms with van der Waals surface area (Å²) in [5, 5.41) is 0. The number of pyridine rings is 1. The summed E-state index contributed by atoms with van der Waals surface area (Å²) >= 11 is 0. The summed E-state index contributed by atoms with van der Waals surface area (Å²) < 4.78 is 0. The second-order valence-electron chi connectivity index (χ2n) is 6.94. The largest absolute Gasteiger partial charge is 0.297 e. The summed E-state index contributed by atoms with van der Waals surface area (Å²) in [7, 11) is 2.27. The topological polar surface area (TPSA) is 16.1 Å². The predicted molar refractivity (Wildman–Crippen MR) is 74.1 cm³/mol. The summed E-state index contributed by atoms with van der Waals surface area (Å²) in [4.78, 5) is 6.98. The van der Waals surface area contributed by atoms with Crippen LogP contribution < -0.4 is 0 Å². The van der Waals surface area contributed by atoms with Gasteiger partial charge >= 0.3 is 0 Å². The number of hydrogen-bond donors (Lipinski definition) is 0. The van der Waals surface area contributed by atoms with Crippen LogP contribution in [0.3, 0.4) is 0 Å². The Balaban J connectivity index is 1.69. The highest BCUT2D eigenvalue weighted by Gasteiger charge is 2.51. The van der Waals surface area contributed by atoms with Gasteiger partial charge in [0, 0.05) is 18.8 Å². The van der Waals surface area contributed by atoms with Crippen molar-refractivity contribution >= 4 is 0 Å². The number of hydrogen-bond acceptors (Lipinski definition) is 2. The molecule has 0 aliphatic heterocycles. The molecule has 3 atom stereocenters. The van der Waals surface area contributed by atoms with Crippen molar-refractivity contribution in [3.8, 4) is 0 Å². The van der Waals surface area contributed by atoms with Crippen LogP contribution in [0.2, 0.25) is 0 Å². The van der Waals surface area contributed by atoms with Crippen LogP contribution in [-0.4, -0.2) is 23.0 Å². The average Bonchev–Trinajstić information content (AvgIpc) is 2.85. The van der Waals surface area contributed by atoms with Gasteiger partial charge in [-0.2, -0.15) is 0 Å². The Morgan fingerprint density at radius 3 is 2.78 bits per heavy atom. The van der Waals surface area contributed by atoms with Gasteiger partial charge in [0.25, 0.3) is 0 Å². The van der Waals surface area contributed by atoms with Gasteiger partial charge in [0.05, 0.1) is 5.69 Å². The summed E-state index contributed by atoms with van der Waals surface area (Å²) in [5.41, 5.74) is 1.74. The zero-order valence-electron chi connectivity index (χ0n) is 11.8. The minimum atomic E-state index is 0.548.